The van der Waals surface area contributed by atoms with Gasteiger partial charge in [0.15, 0.2) is 0 Å². The molecule has 1 N–H and O–H groups in total. The first-order valence-corrected chi connectivity index (χ1v) is 15.0. The van der Waals surface area contributed by atoms with Crippen LogP contribution in [-0.4, -0.2) is 61.2 Å². The number of carbonyl (C=O) groups is 1. The van der Waals surface area contributed by atoms with E-state index in [0.29, 0.717) is 40.9 Å². The van der Waals surface area contributed by atoms with Crippen LogP contribution in [-0.2, 0) is 21.2 Å². The number of hydrogen-bond acceptors (Lipinski definition) is 6. The Bertz CT molecular complexity index is 1760. The number of benzene rings is 2. The van der Waals surface area contributed by atoms with Crippen molar-refractivity contribution in [1.82, 2.24) is 14.5 Å². The SMILES string of the molecule is CN1CCc2cc(F)c(-c3cn(C4CN(C(=O)OC(C)(C)C)C4)c4nccc(NS(=O)(=O)c5ccccc5)c34)cc21. The van der Waals surface area contributed by atoms with Gasteiger partial charge in [0.25, 0.3) is 10.0 Å². The van der Waals surface area contributed by atoms with Crippen LogP contribution in [0.3, 0.4) is 0 Å². The van der Waals surface area contributed by atoms with Crippen molar-refractivity contribution in [2.75, 3.05) is 36.3 Å². The highest BCUT2D eigenvalue weighted by Gasteiger charge is 2.36. The molecule has 1 saturated heterocycles. The molecule has 41 heavy (non-hydrogen) atoms. The molecule has 2 aromatic carbocycles. The molecular weight excluding hydrogens is 545 g/mol. The third-order valence-electron chi connectivity index (χ3n) is 7.50. The number of halogens is 1. The molecule has 0 unspecified atom stereocenters. The van der Waals surface area contributed by atoms with E-state index < -0.39 is 21.7 Å². The molecule has 6 rings (SSSR count). The van der Waals surface area contributed by atoms with Crippen LogP contribution < -0.4 is 9.62 Å². The fourth-order valence-corrected chi connectivity index (χ4v) is 6.52. The maximum absolute atomic E-state index is 15.7. The molecule has 0 spiro atoms. The van der Waals surface area contributed by atoms with Gasteiger partial charge in [0.05, 0.1) is 22.0 Å². The topological polar surface area (TPSA) is 96.8 Å². The van der Waals surface area contributed by atoms with Gasteiger partial charge in [-0.2, -0.15) is 0 Å². The molecule has 2 aliphatic rings. The smallest absolute Gasteiger partial charge is 0.410 e. The van der Waals surface area contributed by atoms with Crippen LogP contribution in [0.5, 0.6) is 0 Å². The first-order valence-electron chi connectivity index (χ1n) is 13.5. The van der Waals surface area contributed by atoms with E-state index in [9.17, 15) is 13.2 Å². The highest BCUT2D eigenvalue weighted by molar-refractivity contribution is 7.92. The molecule has 2 aromatic heterocycles. The molecule has 0 saturated carbocycles. The van der Waals surface area contributed by atoms with Gasteiger partial charge in [-0.05, 0) is 63.1 Å². The second-order valence-corrected chi connectivity index (χ2v) is 13.3. The van der Waals surface area contributed by atoms with Gasteiger partial charge in [-0.15, -0.1) is 0 Å². The second kappa shape index (κ2) is 9.76. The predicted octanol–water partition coefficient (Wildman–Crippen LogP) is 5.43. The zero-order chi connectivity index (χ0) is 29.1. The van der Waals surface area contributed by atoms with Crippen molar-refractivity contribution in [2.24, 2.45) is 0 Å². The lowest BCUT2D eigenvalue weighted by molar-refractivity contribution is 0.00152. The van der Waals surface area contributed by atoms with Gasteiger partial charge in [0.2, 0.25) is 0 Å². The first-order chi connectivity index (χ1) is 19.4. The number of amides is 1. The molecule has 9 nitrogen and oxygen atoms in total. The van der Waals surface area contributed by atoms with Crippen LogP contribution in [0.1, 0.15) is 32.4 Å². The van der Waals surface area contributed by atoms with E-state index in [4.69, 9.17) is 4.74 Å². The van der Waals surface area contributed by atoms with Crippen LogP contribution >= 0.6 is 0 Å². The number of likely N-dealkylation sites (tertiary alicyclic amines) is 1. The van der Waals surface area contributed by atoms with E-state index >= 15 is 4.39 Å². The summed E-state index contributed by atoms with van der Waals surface area (Å²) in [6, 6.07) is 12.9. The van der Waals surface area contributed by atoms with Crippen molar-refractivity contribution in [3.05, 3.63) is 72.3 Å². The third kappa shape index (κ3) is 4.99. The van der Waals surface area contributed by atoms with Crippen LogP contribution in [0.15, 0.2) is 65.8 Å². The summed E-state index contributed by atoms with van der Waals surface area (Å²) in [6.07, 6.45) is 3.71. The van der Waals surface area contributed by atoms with E-state index in [1.807, 2.05) is 44.6 Å². The molecule has 1 fully saturated rings. The molecule has 214 valence electrons. The normalized spacial score (nSPS) is 15.6. The number of nitrogens with zero attached hydrogens (tertiary/aromatic N) is 4. The third-order valence-corrected chi connectivity index (χ3v) is 8.89. The number of hydrogen-bond donors (Lipinski definition) is 1. The lowest BCUT2D eigenvalue weighted by Gasteiger charge is -2.40. The number of carbonyl (C=O) groups excluding carboxylic acids is 1. The van der Waals surface area contributed by atoms with Crippen LogP contribution in [0.2, 0.25) is 0 Å². The Morgan fingerprint density at radius 1 is 1.10 bits per heavy atom. The van der Waals surface area contributed by atoms with Crippen molar-refractivity contribution in [2.45, 2.75) is 43.7 Å². The summed E-state index contributed by atoms with van der Waals surface area (Å²) in [7, 11) is -1.96. The highest BCUT2D eigenvalue weighted by atomic mass is 32.2. The standard InChI is InChI=1S/C30H32FN5O4S/c1-30(2,3)40-29(37)35-16-20(17-35)36-18-23(22-15-26-19(14-24(22)31)11-13-34(26)4)27-25(10-12-32-28(27)36)33-41(38,39)21-8-6-5-7-9-21/h5-10,12,14-15,18,20H,11,13,16-17H2,1-4H3,(H,32,33). The minimum absolute atomic E-state index is 0.114. The molecule has 0 aliphatic carbocycles. The number of aromatic nitrogens is 2. The number of anilines is 2. The van der Waals surface area contributed by atoms with Crippen molar-refractivity contribution in [1.29, 1.82) is 0 Å². The summed E-state index contributed by atoms with van der Waals surface area (Å²) >= 11 is 0. The highest BCUT2D eigenvalue weighted by Crippen LogP contribution is 2.42. The Hall–Kier alpha value is -4.12. The minimum atomic E-state index is -3.93. The lowest BCUT2D eigenvalue weighted by Crippen LogP contribution is -2.52. The first kappa shape index (κ1) is 27.1. The quantitative estimate of drug-likeness (QED) is 0.340. The summed E-state index contributed by atoms with van der Waals surface area (Å²) < 4.78 is 52.5. The molecule has 0 atom stereocenters. The number of nitrogens with one attached hydrogen (secondary N) is 1. The number of likely N-dealkylation sites (N-methyl/N-ethyl adjacent to an activating group) is 1. The molecule has 0 bridgehead atoms. The van der Waals surface area contributed by atoms with Crippen molar-refractivity contribution >= 4 is 38.5 Å². The lowest BCUT2D eigenvalue weighted by atomic mass is 10.0. The minimum Gasteiger partial charge on any atom is -0.444 e. The van der Waals surface area contributed by atoms with Crippen molar-refractivity contribution < 1.29 is 22.3 Å². The summed E-state index contributed by atoms with van der Waals surface area (Å²) in [4.78, 5) is 21.0. The Morgan fingerprint density at radius 2 is 1.83 bits per heavy atom. The molecular formula is C30H32FN5O4S. The van der Waals surface area contributed by atoms with E-state index in [1.54, 1.807) is 35.2 Å². The summed E-state index contributed by atoms with van der Waals surface area (Å²) in [5.74, 6) is -0.386. The van der Waals surface area contributed by atoms with Gasteiger partial charge < -0.3 is 19.1 Å². The van der Waals surface area contributed by atoms with Crippen LogP contribution in [0.25, 0.3) is 22.2 Å². The fourth-order valence-electron chi connectivity index (χ4n) is 5.43. The maximum Gasteiger partial charge on any atom is 0.410 e. The van der Waals surface area contributed by atoms with Gasteiger partial charge >= 0.3 is 6.09 Å². The van der Waals surface area contributed by atoms with E-state index in [2.05, 4.69) is 14.6 Å². The fraction of sp³-hybridized carbons (Fsp3) is 0.333. The maximum atomic E-state index is 15.7. The molecule has 2 aliphatic heterocycles. The van der Waals surface area contributed by atoms with Crippen molar-refractivity contribution in [3.63, 3.8) is 0 Å². The molecule has 0 radical (unpaired) electrons. The van der Waals surface area contributed by atoms with E-state index in [0.717, 1.165) is 24.2 Å². The zero-order valence-corrected chi connectivity index (χ0v) is 24.2. The summed E-state index contributed by atoms with van der Waals surface area (Å²) in [5.41, 5.74) is 2.94. The predicted molar refractivity (Wildman–Crippen MR) is 156 cm³/mol. The van der Waals surface area contributed by atoms with Crippen molar-refractivity contribution in [3.8, 4) is 11.1 Å². The molecule has 4 heterocycles. The number of fused-ring (bicyclic) bond motifs is 2. The largest absolute Gasteiger partial charge is 0.444 e. The Balaban J connectivity index is 1.45. The van der Waals surface area contributed by atoms with E-state index in [-0.39, 0.29) is 16.8 Å². The molecule has 11 heteroatoms. The van der Waals surface area contributed by atoms with Gasteiger partial charge in [-0.25, -0.2) is 22.6 Å². The van der Waals surface area contributed by atoms with Gasteiger partial charge in [-0.3, -0.25) is 4.72 Å². The van der Waals surface area contributed by atoms with Gasteiger partial charge in [-0.1, -0.05) is 18.2 Å². The second-order valence-electron chi connectivity index (χ2n) is 11.6. The van der Waals surface area contributed by atoms with Crippen LogP contribution in [0.4, 0.5) is 20.6 Å². The Morgan fingerprint density at radius 3 is 2.54 bits per heavy atom. The van der Waals surface area contributed by atoms with Gasteiger partial charge in [0, 0.05) is 55.9 Å². The monoisotopic (exact) mass is 577 g/mol. The number of pyridine rings is 1. The van der Waals surface area contributed by atoms with Crippen LogP contribution in [0, 0.1) is 5.82 Å². The zero-order valence-electron chi connectivity index (χ0n) is 23.4. The summed E-state index contributed by atoms with van der Waals surface area (Å²) in [5, 5.41) is 0.488. The van der Waals surface area contributed by atoms with Gasteiger partial charge in [0.1, 0.15) is 17.1 Å². The summed E-state index contributed by atoms with van der Waals surface area (Å²) in [6.45, 7) is 7.02. The average Bonchev–Trinajstić information content (AvgIpc) is 3.43. The Kier molecular flexibility index (Phi) is 6.44. The number of ether oxygens (including phenoxy) is 1. The van der Waals surface area contributed by atoms with E-state index in [1.165, 1.54) is 18.3 Å². The number of rotatable bonds is 5. The molecule has 1 amide bonds. The Labute approximate surface area is 238 Å². The average molecular weight is 578 g/mol. The molecule has 4 aromatic rings. The number of sulfonamides is 1.